The zero-order chi connectivity index (χ0) is 13.8. The van der Waals surface area contributed by atoms with Crippen LogP contribution in [-0.2, 0) is 11.2 Å². The molecule has 100 valence electrons. The van der Waals surface area contributed by atoms with E-state index in [-0.39, 0.29) is 5.91 Å². The molecule has 6 nitrogen and oxygen atoms in total. The number of carbonyl (C=O) groups is 1. The molecule has 0 saturated carbocycles. The number of aromatic nitrogens is 4. The second-order valence-electron chi connectivity index (χ2n) is 3.75. The van der Waals surface area contributed by atoms with Crippen LogP contribution in [0.1, 0.15) is 25.4 Å². The van der Waals surface area contributed by atoms with Crippen LogP contribution in [0.15, 0.2) is 15.4 Å². The molecule has 19 heavy (non-hydrogen) atoms. The van der Waals surface area contributed by atoms with Gasteiger partial charge in [0.15, 0.2) is 4.34 Å². The highest BCUT2D eigenvalue weighted by atomic mass is 32.2. The number of carbonyl (C=O) groups excluding carboxylic acids is 1. The van der Waals surface area contributed by atoms with Crippen LogP contribution in [0.2, 0.25) is 0 Å². The molecule has 0 bridgehead atoms. The van der Waals surface area contributed by atoms with Gasteiger partial charge < -0.3 is 5.32 Å². The van der Waals surface area contributed by atoms with E-state index in [1.165, 1.54) is 30.0 Å². The van der Waals surface area contributed by atoms with Crippen molar-refractivity contribution in [1.82, 2.24) is 20.2 Å². The van der Waals surface area contributed by atoms with E-state index in [4.69, 9.17) is 0 Å². The summed E-state index contributed by atoms with van der Waals surface area (Å²) in [6, 6.07) is 1.94. The molecule has 0 aliphatic rings. The fraction of sp³-hybridized carbons (Fsp3) is 0.364. The summed E-state index contributed by atoms with van der Waals surface area (Å²) >= 11 is 2.75. The monoisotopic (exact) mass is 295 g/mol. The van der Waals surface area contributed by atoms with Crippen LogP contribution in [0.4, 0.5) is 5.13 Å². The van der Waals surface area contributed by atoms with Crippen molar-refractivity contribution in [3.05, 3.63) is 17.6 Å². The summed E-state index contributed by atoms with van der Waals surface area (Å²) < 4.78 is 0.740. The van der Waals surface area contributed by atoms with E-state index in [1.54, 1.807) is 0 Å². The number of aryl methyl sites for hydroxylation is 2. The number of hydrogen-bond acceptors (Lipinski definition) is 7. The Labute approximate surface area is 119 Å². The van der Waals surface area contributed by atoms with Gasteiger partial charge in [0.25, 0.3) is 0 Å². The van der Waals surface area contributed by atoms with Crippen molar-refractivity contribution in [3.8, 4) is 0 Å². The van der Waals surface area contributed by atoms with Crippen LogP contribution in [0.25, 0.3) is 0 Å². The minimum Gasteiger partial charge on any atom is -0.301 e. The highest BCUT2D eigenvalue weighted by Gasteiger charge is 2.09. The Hall–Kier alpha value is -1.54. The highest BCUT2D eigenvalue weighted by molar-refractivity contribution is 8.01. The van der Waals surface area contributed by atoms with E-state index in [0.717, 1.165) is 27.3 Å². The maximum atomic E-state index is 10.9. The molecule has 0 aromatic carbocycles. The maximum Gasteiger partial charge on any atom is 0.223 e. The molecule has 0 aliphatic carbocycles. The van der Waals surface area contributed by atoms with Gasteiger partial charge in [-0.1, -0.05) is 18.3 Å². The average molecular weight is 295 g/mol. The molecule has 2 aromatic rings. The number of rotatable bonds is 4. The first kappa shape index (κ1) is 13.9. The summed E-state index contributed by atoms with van der Waals surface area (Å²) in [6.07, 6.45) is 0.865. The molecule has 0 unspecified atom stereocenters. The van der Waals surface area contributed by atoms with E-state index in [2.05, 4.69) is 32.4 Å². The molecule has 8 heteroatoms. The van der Waals surface area contributed by atoms with Crippen molar-refractivity contribution < 1.29 is 4.79 Å². The standard InChI is InChI=1S/C11H13N5OS2/c1-4-8-5-9(13-6(2)12-8)18-11-16-15-10(19-11)14-7(3)17/h5H,4H2,1-3H3,(H,14,15,17). The van der Waals surface area contributed by atoms with Crippen LogP contribution in [-0.4, -0.2) is 26.1 Å². The summed E-state index contributed by atoms with van der Waals surface area (Å²) in [5.41, 5.74) is 1.00. The van der Waals surface area contributed by atoms with Gasteiger partial charge in [-0.2, -0.15) is 0 Å². The smallest absolute Gasteiger partial charge is 0.223 e. The number of hydrogen-bond donors (Lipinski definition) is 1. The molecule has 0 radical (unpaired) electrons. The van der Waals surface area contributed by atoms with Crippen LogP contribution in [0, 0.1) is 6.92 Å². The predicted molar refractivity (Wildman–Crippen MR) is 74.5 cm³/mol. The lowest BCUT2D eigenvalue weighted by atomic mass is 10.3. The lowest BCUT2D eigenvalue weighted by Gasteiger charge is -2.01. The van der Waals surface area contributed by atoms with Gasteiger partial charge in [0, 0.05) is 12.6 Å². The third kappa shape index (κ3) is 3.97. The SMILES string of the molecule is CCc1cc(Sc2nnc(NC(C)=O)s2)nc(C)n1. The van der Waals surface area contributed by atoms with Gasteiger partial charge in [-0.25, -0.2) is 9.97 Å². The molecule has 1 amide bonds. The third-order valence-corrected chi connectivity index (χ3v) is 3.92. The zero-order valence-corrected chi connectivity index (χ0v) is 12.4. The van der Waals surface area contributed by atoms with Crippen molar-refractivity contribution in [3.63, 3.8) is 0 Å². The second kappa shape index (κ2) is 6.07. The highest BCUT2D eigenvalue weighted by Crippen LogP contribution is 2.31. The molecule has 0 spiro atoms. The first-order valence-corrected chi connectivity index (χ1v) is 7.33. The van der Waals surface area contributed by atoms with E-state index >= 15 is 0 Å². The van der Waals surface area contributed by atoms with Crippen LogP contribution < -0.4 is 5.32 Å². The number of nitrogens with zero attached hydrogens (tertiary/aromatic N) is 4. The Morgan fingerprint density at radius 3 is 2.89 bits per heavy atom. The molecular weight excluding hydrogens is 282 g/mol. The van der Waals surface area contributed by atoms with Crippen LogP contribution in [0.3, 0.4) is 0 Å². The second-order valence-corrected chi connectivity index (χ2v) is 6.00. The van der Waals surface area contributed by atoms with E-state index < -0.39 is 0 Å². The molecule has 0 atom stereocenters. The number of anilines is 1. The minimum absolute atomic E-state index is 0.154. The Bertz CT molecular complexity index is 599. The van der Waals surface area contributed by atoms with Gasteiger partial charge in [-0.3, -0.25) is 4.79 Å². The molecule has 0 aliphatic heterocycles. The van der Waals surface area contributed by atoms with Gasteiger partial charge >= 0.3 is 0 Å². The molecular formula is C11H13N5OS2. The first-order chi connectivity index (χ1) is 9.06. The average Bonchev–Trinajstić information content (AvgIpc) is 2.74. The summed E-state index contributed by atoms with van der Waals surface area (Å²) in [4.78, 5) is 19.6. The molecule has 0 saturated heterocycles. The molecule has 0 fully saturated rings. The number of nitrogens with one attached hydrogen (secondary N) is 1. The van der Waals surface area contributed by atoms with Gasteiger partial charge in [-0.15, -0.1) is 10.2 Å². The van der Waals surface area contributed by atoms with Crippen molar-refractivity contribution in [2.45, 2.75) is 36.6 Å². The van der Waals surface area contributed by atoms with Crippen molar-refractivity contribution in [2.24, 2.45) is 0 Å². The van der Waals surface area contributed by atoms with Gasteiger partial charge in [0.05, 0.1) is 0 Å². The summed E-state index contributed by atoms with van der Waals surface area (Å²) in [6.45, 7) is 5.36. The zero-order valence-electron chi connectivity index (χ0n) is 10.8. The van der Waals surface area contributed by atoms with Crippen molar-refractivity contribution in [1.29, 1.82) is 0 Å². The Kier molecular flexibility index (Phi) is 4.43. The largest absolute Gasteiger partial charge is 0.301 e. The molecule has 2 heterocycles. The maximum absolute atomic E-state index is 10.9. The molecule has 1 N–H and O–H groups in total. The Balaban J connectivity index is 2.14. The summed E-state index contributed by atoms with van der Waals surface area (Å²) in [5, 5.41) is 11.8. The summed E-state index contributed by atoms with van der Waals surface area (Å²) in [5.74, 6) is 0.590. The topological polar surface area (TPSA) is 80.7 Å². The van der Waals surface area contributed by atoms with E-state index in [1.807, 2.05) is 13.0 Å². The van der Waals surface area contributed by atoms with Crippen molar-refractivity contribution >= 4 is 34.1 Å². The van der Waals surface area contributed by atoms with Crippen molar-refractivity contribution in [2.75, 3.05) is 5.32 Å². The van der Waals surface area contributed by atoms with Crippen LogP contribution >= 0.6 is 23.1 Å². The molecule has 2 aromatic heterocycles. The normalized spacial score (nSPS) is 10.5. The van der Waals surface area contributed by atoms with Gasteiger partial charge in [-0.05, 0) is 31.2 Å². The van der Waals surface area contributed by atoms with Gasteiger partial charge in [0.1, 0.15) is 10.9 Å². The fourth-order valence-corrected chi connectivity index (χ4v) is 3.19. The predicted octanol–water partition coefficient (Wildman–Crippen LogP) is 2.31. The first-order valence-electron chi connectivity index (χ1n) is 5.70. The van der Waals surface area contributed by atoms with E-state index in [0.29, 0.717) is 5.13 Å². The summed E-state index contributed by atoms with van der Waals surface area (Å²) in [7, 11) is 0. The van der Waals surface area contributed by atoms with E-state index in [9.17, 15) is 4.79 Å². The lowest BCUT2D eigenvalue weighted by molar-refractivity contribution is -0.114. The third-order valence-electron chi connectivity index (χ3n) is 2.11. The Morgan fingerprint density at radius 2 is 2.21 bits per heavy atom. The molecule has 2 rings (SSSR count). The van der Waals surface area contributed by atoms with Gasteiger partial charge in [0.2, 0.25) is 11.0 Å². The lowest BCUT2D eigenvalue weighted by Crippen LogP contribution is -2.04. The quantitative estimate of drug-likeness (QED) is 0.688. The fourth-order valence-electron chi connectivity index (χ4n) is 1.37. The number of amides is 1. The minimum atomic E-state index is -0.154. The Morgan fingerprint density at radius 1 is 1.42 bits per heavy atom. The van der Waals surface area contributed by atoms with Crippen LogP contribution in [0.5, 0.6) is 0 Å².